The predicted molar refractivity (Wildman–Crippen MR) is 82.5 cm³/mol. The molecular formula is C16H19FN4O2. The molecule has 2 aromatic rings. The van der Waals surface area contributed by atoms with Gasteiger partial charge in [-0.3, -0.25) is 4.79 Å². The first-order valence-electron chi connectivity index (χ1n) is 7.60. The molecule has 1 fully saturated rings. The third kappa shape index (κ3) is 3.04. The van der Waals surface area contributed by atoms with Gasteiger partial charge in [0.1, 0.15) is 5.82 Å². The van der Waals surface area contributed by atoms with Crippen molar-refractivity contribution in [2.45, 2.75) is 32.6 Å². The summed E-state index contributed by atoms with van der Waals surface area (Å²) < 4.78 is 19.0. The number of nitrogen functional groups attached to an aromatic ring is 1. The highest BCUT2D eigenvalue weighted by atomic mass is 19.1. The summed E-state index contributed by atoms with van der Waals surface area (Å²) in [5.74, 6) is 0.331. The van der Waals surface area contributed by atoms with E-state index in [0.717, 1.165) is 12.8 Å². The first kappa shape index (κ1) is 15.5. The van der Waals surface area contributed by atoms with Crippen LogP contribution in [0.3, 0.4) is 0 Å². The summed E-state index contributed by atoms with van der Waals surface area (Å²) in [5, 5.41) is 7.58. The summed E-state index contributed by atoms with van der Waals surface area (Å²) in [6.45, 7) is 4.54. The second kappa shape index (κ2) is 5.98. The molecule has 23 heavy (non-hydrogen) atoms. The van der Waals surface area contributed by atoms with E-state index in [0.29, 0.717) is 35.7 Å². The number of benzene rings is 1. The highest BCUT2D eigenvalue weighted by Crippen LogP contribution is 2.28. The van der Waals surface area contributed by atoms with E-state index >= 15 is 0 Å². The van der Waals surface area contributed by atoms with Crippen molar-refractivity contribution in [3.8, 4) is 0 Å². The van der Waals surface area contributed by atoms with Crippen molar-refractivity contribution in [3.63, 3.8) is 0 Å². The van der Waals surface area contributed by atoms with Gasteiger partial charge in [0.15, 0.2) is 0 Å². The van der Waals surface area contributed by atoms with Crippen molar-refractivity contribution in [1.29, 1.82) is 0 Å². The Morgan fingerprint density at radius 1 is 1.26 bits per heavy atom. The quantitative estimate of drug-likeness (QED) is 0.919. The van der Waals surface area contributed by atoms with Gasteiger partial charge < -0.3 is 15.1 Å². The van der Waals surface area contributed by atoms with E-state index in [4.69, 9.17) is 10.2 Å². The van der Waals surface area contributed by atoms with Gasteiger partial charge in [-0.05, 0) is 49.9 Å². The normalized spacial score (nSPS) is 15.9. The lowest BCUT2D eigenvalue weighted by atomic mass is 9.96. The minimum Gasteiger partial charge on any atom is -0.408 e. The topological polar surface area (TPSA) is 85.2 Å². The molecule has 1 amide bonds. The van der Waals surface area contributed by atoms with Gasteiger partial charge in [0.2, 0.25) is 5.89 Å². The Morgan fingerprint density at radius 3 is 2.39 bits per heavy atom. The zero-order chi connectivity index (χ0) is 16.6. The number of carbonyl (C=O) groups excluding carboxylic acids is 1. The Balaban J connectivity index is 1.69. The van der Waals surface area contributed by atoms with E-state index in [1.54, 1.807) is 30.9 Å². The summed E-state index contributed by atoms with van der Waals surface area (Å²) in [4.78, 5) is 14.4. The zero-order valence-corrected chi connectivity index (χ0v) is 13.2. The molecule has 0 saturated carbocycles. The maximum Gasteiger partial charge on any atom is 0.312 e. The van der Waals surface area contributed by atoms with Gasteiger partial charge in [-0.1, -0.05) is 5.10 Å². The minimum atomic E-state index is -0.255. The minimum absolute atomic E-state index is 0.0655. The molecule has 1 aromatic carbocycles. The van der Waals surface area contributed by atoms with Crippen molar-refractivity contribution in [1.82, 2.24) is 15.1 Å². The molecule has 0 atom stereocenters. The summed E-state index contributed by atoms with van der Waals surface area (Å²) >= 11 is 0. The molecular weight excluding hydrogens is 299 g/mol. The van der Waals surface area contributed by atoms with E-state index in [1.165, 1.54) is 0 Å². The van der Waals surface area contributed by atoms with Crippen molar-refractivity contribution in [2.75, 3.05) is 18.8 Å². The zero-order valence-electron chi connectivity index (χ0n) is 13.2. The molecule has 0 unspecified atom stereocenters. The number of carbonyl (C=O) groups is 1. The standard InChI is InChI=1S/C16H19FN4O2/c1-9-7-12(8-10(2)13(9)17)15(22)21-5-3-11(4-6-21)14-19-20-16(18)23-14/h7-8,11H,3-6H2,1-2H3,(H2,18,20). The summed E-state index contributed by atoms with van der Waals surface area (Å²) in [7, 11) is 0. The first-order valence-corrected chi connectivity index (χ1v) is 7.60. The van der Waals surface area contributed by atoms with Crippen molar-refractivity contribution in [2.24, 2.45) is 0 Å². The molecule has 1 aliphatic rings. The summed E-state index contributed by atoms with van der Waals surface area (Å²) in [5.41, 5.74) is 6.95. The van der Waals surface area contributed by atoms with Crippen molar-refractivity contribution < 1.29 is 13.6 Å². The molecule has 122 valence electrons. The van der Waals surface area contributed by atoms with E-state index in [9.17, 15) is 9.18 Å². The van der Waals surface area contributed by atoms with Gasteiger partial charge >= 0.3 is 6.01 Å². The maximum absolute atomic E-state index is 13.7. The average molecular weight is 318 g/mol. The van der Waals surface area contributed by atoms with Crippen LogP contribution in [0.2, 0.25) is 0 Å². The van der Waals surface area contributed by atoms with E-state index in [1.807, 2.05) is 0 Å². The highest BCUT2D eigenvalue weighted by Gasteiger charge is 2.28. The van der Waals surface area contributed by atoms with Gasteiger partial charge in [0, 0.05) is 24.6 Å². The number of hydrogen-bond donors (Lipinski definition) is 1. The Morgan fingerprint density at radius 2 is 1.87 bits per heavy atom. The fourth-order valence-corrected chi connectivity index (χ4v) is 2.99. The molecule has 7 heteroatoms. The molecule has 0 radical (unpaired) electrons. The number of nitrogens with two attached hydrogens (primary N) is 1. The maximum atomic E-state index is 13.7. The van der Waals surface area contributed by atoms with Crippen LogP contribution in [0.25, 0.3) is 0 Å². The van der Waals surface area contributed by atoms with Crippen LogP contribution < -0.4 is 5.73 Å². The van der Waals surface area contributed by atoms with Gasteiger partial charge in [0.05, 0.1) is 0 Å². The van der Waals surface area contributed by atoms with Gasteiger partial charge in [0.25, 0.3) is 5.91 Å². The molecule has 2 heterocycles. The number of rotatable bonds is 2. The van der Waals surface area contributed by atoms with Crippen molar-refractivity contribution >= 4 is 11.9 Å². The molecule has 0 spiro atoms. The van der Waals surface area contributed by atoms with Crippen LogP contribution in [0.15, 0.2) is 16.5 Å². The number of aryl methyl sites for hydroxylation is 2. The smallest absolute Gasteiger partial charge is 0.312 e. The van der Waals surface area contributed by atoms with Gasteiger partial charge in [-0.25, -0.2) is 4.39 Å². The van der Waals surface area contributed by atoms with Crippen molar-refractivity contribution in [3.05, 3.63) is 40.5 Å². The second-order valence-electron chi connectivity index (χ2n) is 5.97. The molecule has 1 saturated heterocycles. The first-order chi connectivity index (χ1) is 11.0. The largest absolute Gasteiger partial charge is 0.408 e. The van der Waals surface area contributed by atoms with Crippen LogP contribution in [-0.2, 0) is 0 Å². The SMILES string of the molecule is Cc1cc(C(=O)N2CCC(c3nnc(N)o3)CC2)cc(C)c1F. The summed E-state index contributed by atoms with van der Waals surface area (Å²) in [6, 6.07) is 3.28. The molecule has 0 aliphatic carbocycles. The van der Waals surface area contributed by atoms with Crippen LogP contribution in [0.4, 0.5) is 10.4 Å². The molecule has 6 nitrogen and oxygen atoms in total. The highest BCUT2D eigenvalue weighted by molar-refractivity contribution is 5.94. The number of aromatic nitrogens is 2. The van der Waals surface area contributed by atoms with E-state index in [-0.39, 0.29) is 23.7 Å². The number of amides is 1. The predicted octanol–water partition coefficient (Wildman–Crippen LogP) is 2.43. The van der Waals surface area contributed by atoms with Gasteiger partial charge in [-0.2, -0.15) is 0 Å². The van der Waals surface area contributed by atoms with Crippen LogP contribution in [0.1, 0.15) is 46.1 Å². The van der Waals surface area contributed by atoms with E-state index in [2.05, 4.69) is 10.2 Å². The Bertz CT molecular complexity index is 712. The Hall–Kier alpha value is -2.44. The third-order valence-electron chi connectivity index (χ3n) is 4.27. The lowest BCUT2D eigenvalue weighted by molar-refractivity contribution is 0.0706. The molecule has 1 aliphatic heterocycles. The Labute approximate surface area is 133 Å². The number of nitrogens with zero attached hydrogens (tertiary/aromatic N) is 3. The number of halogens is 1. The third-order valence-corrected chi connectivity index (χ3v) is 4.27. The number of likely N-dealkylation sites (tertiary alicyclic amines) is 1. The number of anilines is 1. The molecule has 3 rings (SSSR count). The fourth-order valence-electron chi connectivity index (χ4n) is 2.99. The van der Waals surface area contributed by atoms with E-state index < -0.39 is 0 Å². The lowest BCUT2D eigenvalue weighted by Crippen LogP contribution is -2.38. The lowest BCUT2D eigenvalue weighted by Gasteiger charge is -2.30. The van der Waals surface area contributed by atoms with Gasteiger partial charge in [-0.15, -0.1) is 5.10 Å². The molecule has 0 bridgehead atoms. The van der Waals surface area contributed by atoms with Crippen LogP contribution >= 0.6 is 0 Å². The molecule has 2 N–H and O–H groups in total. The Kier molecular flexibility index (Phi) is 4.02. The number of hydrogen-bond acceptors (Lipinski definition) is 5. The van der Waals surface area contributed by atoms with Crippen LogP contribution in [-0.4, -0.2) is 34.1 Å². The average Bonchev–Trinajstić information content (AvgIpc) is 2.98. The number of piperidine rings is 1. The van der Waals surface area contributed by atoms with Crippen LogP contribution in [0, 0.1) is 19.7 Å². The molecule has 1 aromatic heterocycles. The fraction of sp³-hybridized carbons (Fsp3) is 0.438. The second-order valence-corrected chi connectivity index (χ2v) is 5.97. The summed E-state index contributed by atoms with van der Waals surface area (Å²) in [6.07, 6.45) is 1.49. The monoisotopic (exact) mass is 318 g/mol. The van der Waals surface area contributed by atoms with Crippen LogP contribution in [0.5, 0.6) is 0 Å².